The van der Waals surface area contributed by atoms with Gasteiger partial charge in [-0.2, -0.15) is 0 Å². The summed E-state index contributed by atoms with van der Waals surface area (Å²) in [5, 5.41) is 11.7. The van der Waals surface area contributed by atoms with Gasteiger partial charge in [-0.1, -0.05) is 6.07 Å². The molecule has 1 aliphatic heterocycles. The summed E-state index contributed by atoms with van der Waals surface area (Å²) in [5.74, 6) is 1.02. The first-order chi connectivity index (χ1) is 18.6. The van der Waals surface area contributed by atoms with Crippen molar-refractivity contribution in [3.8, 4) is 11.4 Å². The minimum absolute atomic E-state index is 0.0473. The Morgan fingerprint density at radius 1 is 1.18 bits per heavy atom. The molecule has 5 aromatic rings. The van der Waals surface area contributed by atoms with Crippen LogP contribution in [0.1, 0.15) is 53.9 Å². The fraction of sp³-hybridized carbons (Fsp3) is 0.320. The molecule has 0 spiro atoms. The number of nitrogens with one attached hydrogen (secondary N) is 1. The first-order valence-corrected chi connectivity index (χ1v) is 13.5. The number of benzene rings is 1. The molecule has 5 heterocycles. The normalized spacial score (nSPS) is 17.7. The molecule has 38 heavy (non-hydrogen) atoms. The van der Waals surface area contributed by atoms with Crippen LogP contribution in [0.4, 0.5) is 4.39 Å². The molecule has 0 amide bonds. The second-order valence-electron chi connectivity index (χ2n) is 9.53. The summed E-state index contributed by atoms with van der Waals surface area (Å²) in [4.78, 5) is 9.39. The van der Waals surface area contributed by atoms with Crippen molar-refractivity contribution in [2.75, 3.05) is 7.11 Å². The van der Waals surface area contributed by atoms with E-state index < -0.39 is 17.2 Å². The Morgan fingerprint density at radius 3 is 2.87 bits per heavy atom. The van der Waals surface area contributed by atoms with Crippen LogP contribution >= 0.6 is 0 Å². The number of tetrazole rings is 1. The number of ether oxygens (including phenoxy) is 1. The van der Waals surface area contributed by atoms with Gasteiger partial charge in [0.05, 0.1) is 42.4 Å². The third kappa shape index (κ3) is 3.94. The zero-order valence-corrected chi connectivity index (χ0v) is 21.3. The third-order valence-electron chi connectivity index (χ3n) is 7.24. The minimum atomic E-state index is -1.67. The van der Waals surface area contributed by atoms with Crippen LogP contribution in [0.15, 0.2) is 54.2 Å². The first-order valence-electron chi connectivity index (χ1n) is 12.4. The van der Waals surface area contributed by atoms with Crippen molar-refractivity contribution in [3.63, 3.8) is 0 Å². The van der Waals surface area contributed by atoms with Crippen LogP contribution in [0.2, 0.25) is 0 Å². The molecule has 1 aromatic carbocycles. The Balaban J connectivity index is 1.16. The third-order valence-corrected chi connectivity index (χ3v) is 8.33. The molecule has 1 saturated carbocycles. The van der Waals surface area contributed by atoms with Crippen LogP contribution in [0, 0.1) is 5.82 Å². The zero-order valence-electron chi connectivity index (χ0n) is 20.5. The number of rotatable bonds is 8. The summed E-state index contributed by atoms with van der Waals surface area (Å²) < 4.78 is 42.3. The summed E-state index contributed by atoms with van der Waals surface area (Å²) in [6.45, 7) is -0.0473. The Bertz CT molecular complexity index is 1630. The summed E-state index contributed by atoms with van der Waals surface area (Å²) in [5.41, 5.74) is 3.79. The number of pyridine rings is 1. The topological polar surface area (TPSA) is 123 Å². The second-order valence-corrected chi connectivity index (χ2v) is 10.8. The molecule has 1 aliphatic carbocycles. The lowest BCUT2D eigenvalue weighted by Gasteiger charge is -2.17. The van der Waals surface area contributed by atoms with E-state index in [1.165, 1.54) is 42.6 Å². The standard InChI is InChI=1S/C25H24FN9O2S/c1-37-21-7-5-19(34-14-28-31-32-34)17(25(21)26)10-29-38(36)24-11-27-22-9-6-20(35(22)24)18-13-33-12-16(15-2-3-15)4-8-23(33)30-18/h4-5,7-8,11-15,20,29H,2-3,6,9-10H2,1H3. The first kappa shape index (κ1) is 23.3. The van der Waals surface area contributed by atoms with Gasteiger partial charge in [0.25, 0.3) is 5.03 Å². The smallest absolute Gasteiger partial charge is 0.267 e. The van der Waals surface area contributed by atoms with Crippen LogP contribution in [0.5, 0.6) is 5.75 Å². The van der Waals surface area contributed by atoms with E-state index in [-0.39, 0.29) is 23.9 Å². The molecule has 1 N–H and O–H groups in total. The number of halogens is 1. The molecule has 0 bridgehead atoms. The number of nitrogens with zero attached hydrogens (tertiary/aromatic N) is 8. The van der Waals surface area contributed by atoms with Gasteiger partial charge in [0.2, 0.25) is 0 Å². The van der Waals surface area contributed by atoms with Crippen molar-refractivity contribution in [3.05, 3.63) is 77.6 Å². The van der Waals surface area contributed by atoms with Crippen LogP contribution < -0.4 is 9.46 Å². The van der Waals surface area contributed by atoms with Gasteiger partial charge >= 0.3 is 0 Å². The van der Waals surface area contributed by atoms with Gasteiger partial charge in [-0.25, -0.2) is 19.0 Å². The van der Waals surface area contributed by atoms with E-state index in [2.05, 4.69) is 54.2 Å². The van der Waals surface area contributed by atoms with E-state index in [9.17, 15) is 4.55 Å². The van der Waals surface area contributed by atoms with Crippen molar-refractivity contribution in [1.29, 1.82) is 0 Å². The van der Waals surface area contributed by atoms with Gasteiger partial charge < -0.3 is 13.7 Å². The minimum Gasteiger partial charge on any atom is -0.592 e. The molecular weight excluding hydrogens is 509 g/mol. The predicted molar refractivity (Wildman–Crippen MR) is 135 cm³/mol. The number of hydrogen-bond acceptors (Lipinski definition) is 8. The molecule has 0 radical (unpaired) electrons. The quantitative estimate of drug-likeness (QED) is 0.302. The number of hydrogen-bond donors (Lipinski definition) is 1. The van der Waals surface area contributed by atoms with E-state index in [0.717, 1.165) is 30.0 Å². The SMILES string of the molecule is COc1ccc(-n2cnnn2)c(CN[S+]([O-])c2cnc3n2C(c2cn4cc(C5CC5)ccc4n2)CC3)c1F. The second kappa shape index (κ2) is 9.19. The average Bonchev–Trinajstić information content (AvgIpc) is 3.30. The molecule has 194 valence electrons. The lowest BCUT2D eigenvalue weighted by atomic mass is 10.1. The van der Waals surface area contributed by atoms with Gasteiger partial charge in [-0.3, -0.25) is 4.57 Å². The predicted octanol–water partition coefficient (Wildman–Crippen LogP) is 2.88. The Morgan fingerprint density at radius 2 is 2.08 bits per heavy atom. The van der Waals surface area contributed by atoms with E-state index in [0.29, 0.717) is 16.6 Å². The molecule has 11 nitrogen and oxygen atoms in total. The average molecular weight is 534 g/mol. The molecule has 2 unspecified atom stereocenters. The highest BCUT2D eigenvalue weighted by Gasteiger charge is 2.34. The molecule has 13 heteroatoms. The molecule has 2 aliphatic rings. The number of fused-ring (bicyclic) bond motifs is 2. The number of aryl methyl sites for hydroxylation is 1. The Hall–Kier alpha value is -3.81. The van der Waals surface area contributed by atoms with E-state index >= 15 is 4.39 Å². The van der Waals surface area contributed by atoms with Crippen molar-refractivity contribution >= 4 is 17.0 Å². The van der Waals surface area contributed by atoms with Gasteiger partial charge in [0.15, 0.2) is 11.6 Å². The molecule has 1 fully saturated rings. The van der Waals surface area contributed by atoms with Crippen LogP contribution in [-0.2, 0) is 24.3 Å². The van der Waals surface area contributed by atoms with Gasteiger partial charge in [0, 0.05) is 24.4 Å². The molecule has 2 atom stereocenters. The fourth-order valence-electron chi connectivity index (χ4n) is 5.17. The van der Waals surface area contributed by atoms with Crippen molar-refractivity contribution in [1.82, 2.24) is 43.9 Å². The van der Waals surface area contributed by atoms with E-state index in [1.54, 1.807) is 12.3 Å². The largest absolute Gasteiger partial charge is 0.592 e. The Kier molecular flexibility index (Phi) is 5.64. The highest BCUT2D eigenvalue weighted by molar-refractivity contribution is 7.89. The van der Waals surface area contributed by atoms with E-state index in [1.807, 2.05) is 4.57 Å². The summed E-state index contributed by atoms with van der Waals surface area (Å²) in [7, 11) is 1.40. The summed E-state index contributed by atoms with van der Waals surface area (Å²) in [6.07, 6.45) is 11.3. The van der Waals surface area contributed by atoms with E-state index in [4.69, 9.17) is 9.72 Å². The number of aromatic nitrogens is 8. The highest BCUT2D eigenvalue weighted by atomic mass is 32.2. The molecule has 7 rings (SSSR count). The van der Waals surface area contributed by atoms with Gasteiger partial charge in [-0.15, -0.1) is 9.82 Å². The maximum absolute atomic E-state index is 15.2. The monoisotopic (exact) mass is 533 g/mol. The lowest BCUT2D eigenvalue weighted by Crippen LogP contribution is -2.27. The molecular formula is C25H24FN9O2S. The maximum atomic E-state index is 15.2. The number of imidazole rings is 2. The van der Waals surface area contributed by atoms with Gasteiger partial charge in [0.1, 0.15) is 24.0 Å². The lowest BCUT2D eigenvalue weighted by molar-refractivity contribution is 0.383. The fourth-order valence-corrected chi connectivity index (χ4v) is 6.16. The highest BCUT2D eigenvalue weighted by Crippen LogP contribution is 2.40. The van der Waals surface area contributed by atoms with Crippen molar-refractivity contribution in [2.24, 2.45) is 0 Å². The Labute approximate surface area is 220 Å². The van der Waals surface area contributed by atoms with Crippen molar-refractivity contribution in [2.45, 2.75) is 49.2 Å². The summed E-state index contributed by atoms with van der Waals surface area (Å²) >= 11 is -1.67. The van der Waals surface area contributed by atoms with Crippen molar-refractivity contribution < 1.29 is 13.7 Å². The molecule has 0 saturated heterocycles. The molecule has 4 aromatic heterocycles. The van der Waals surface area contributed by atoms with Gasteiger partial charge in [-0.05, 0) is 59.4 Å². The zero-order chi connectivity index (χ0) is 25.8. The maximum Gasteiger partial charge on any atom is 0.267 e. The number of methoxy groups -OCH3 is 1. The summed E-state index contributed by atoms with van der Waals surface area (Å²) in [6, 6.07) is 7.30. The van der Waals surface area contributed by atoms with Crippen LogP contribution in [0.25, 0.3) is 11.3 Å². The van der Waals surface area contributed by atoms with Crippen LogP contribution in [-0.4, -0.2) is 50.8 Å². The van der Waals surface area contributed by atoms with Crippen LogP contribution in [0.3, 0.4) is 0 Å².